The molecule has 0 radical (unpaired) electrons. The van der Waals surface area contributed by atoms with Crippen molar-refractivity contribution >= 4 is 6.03 Å². The van der Waals surface area contributed by atoms with Crippen LogP contribution in [0.2, 0.25) is 0 Å². The predicted molar refractivity (Wildman–Crippen MR) is 64.8 cm³/mol. The molecule has 96 valence electrons. The molecule has 2 N–H and O–H groups in total. The molecule has 1 aromatic heterocycles. The number of aliphatic hydroxyl groups excluding tert-OH is 1. The molecule has 0 aliphatic carbocycles. The van der Waals surface area contributed by atoms with Gasteiger partial charge in [0.05, 0.1) is 6.61 Å². The van der Waals surface area contributed by atoms with Gasteiger partial charge in [-0.1, -0.05) is 0 Å². The molecular weight excluding hydrogens is 220 g/mol. The van der Waals surface area contributed by atoms with Gasteiger partial charge in [0.2, 0.25) is 0 Å². The topological polar surface area (TPSA) is 65.7 Å². The van der Waals surface area contributed by atoms with Crippen LogP contribution in [0.5, 0.6) is 0 Å². The number of aryl methyl sites for hydroxylation is 2. The lowest BCUT2D eigenvalue weighted by Gasteiger charge is -2.19. The second-order valence-electron chi connectivity index (χ2n) is 3.90. The summed E-state index contributed by atoms with van der Waals surface area (Å²) in [5.74, 6) is 1.67. The Morgan fingerprint density at radius 3 is 2.71 bits per heavy atom. The van der Waals surface area contributed by atoms with Gasteiger partial charge in [-0.05, 0) is 26.8 Å². The zero-order chi connectivity index (χ0) is 12.8. The molecule has 0 atom stereocenters. The molecule has 1 rings (SSSR count). The molecule has 1 aromatic rings. The first-order valence-corrected chi connectivity index (χ1v) is 5.78. The molecule has 5 nitrogen and oxygen atoms in total. The van der Waals surface area contributed by atoms with Crippen LogP contribution < -0.4 is 5.32 Å². The van der Waals surface area contributed by atoms with Crippen LogP contribution in [-0.2, 0) is 6.54 Å². The van der Waals surface area contributed by atoms with E-state index in [0.717, 1.165) is 17.1 Å². The number of nitrogens with one attached hydrogen (secondary N) is 1. The molecule has 0 saturated heterocycles. The van der Waals surface area contributed by atoms with Crippen LogP contribution in [0, 0.1) is 13.8 Å². The summed E-state index contributed by atoms with van der Waals surface area (Å²) in [7, 11) is 0. The highest BCUT2D eigenvalue weighted by Gasteiger charge is 2.11. The zero-order valence-electron chi connectivity index (χ0n) is 10.6. The average Bonchev–Trinajstić information content (AvgIpc) is 2.61. The third-order valence-corrected chi connectivity index (χ3v) is 2.61. The summed E-state index contributed by atoms with van der Waals surface area (Å²) in [5, 5.41) is 11.6. The van der Waals surface area contributed by atoms with E-state index in [1.807, 2.05) is 26.8 Å². The van der Waals surface area contributed by atoms with E-state index in [4.69, 9.17) is 9.52 Å². The minimum atomic E-state index is -0.167. The van der Waals surface area contributed by atoms with Gasteiger partial charge in [-0.2, -0.15) is 0 Å². The van der Waals surface area contributed by atoms with Crippen molar-refractivity contribution in [3.8, 4) is 0 Å². The molecule has 0 saturated carbocycles. The van der Waals surface area contributed by atoms with Gasteiger partial charge in [0.1, 0.15) is 11.5 Å². The van der Waals surface area contributed by atoms with Gasteiger partial charge in [0.15, 0.2) is 0 Å². The minimum absolute atomic E-state index is 0.0227. The van der Waals surface area contributed by atoms with E-state index in [1.165, 1.54) is 0 Å². The first-order chi connectivity index (χ1) is 8.08. The maximum atomic E-state index is 11.7. The number of hydrogen-bond acceptors (Lipinski definition) is 3. The largest absolute Gasteiger partial charge is 0.466 e. The Balaban J connectivity index is 2.49. The van der Waals surface area contributed by atoms with E-state index in [1.54, 1.807) is 4.90 Å². The second-order valence-corrected chi connectivity index (χ2v) is 3.90. The number of hydrogen-bond donors (Lipinski definition) is 2. The summed E-state index contributed by atoms with van der Waals surface area (Å²) in [6.07, 6.45) is 0. The highest BCUT2D eigenvalue weighted by Crippen LogP contribution is 2.13. The third-order valence-electron chi connectivity index (χ3n) is 2.61. The van der Waals surface area contributed by atoms with Crippen LogP contribution in [0.1, 0.15) is 24.0 Å². The molecule has 0 aromatic carbocycles. The SMILES string of the molecule is CCN(CCO)C(=O)NCc1cc(C)oc1C. The van der Waals surface area contributed by atoms with Crippen molar-refractivity contribution in [1.82, 2.24) is 10.2 Å². The summed E-state index contributed by atoms with van der Waals surface area (Å²) >= 11 is 0. The quantitative estimate of drug-likeness (QED) is 0.818. The van der Waals surface area contributed by atoms with Crippen LogP contribution in [0.3, 0.4) is 0 Å². The third kappa shape index (κ3) is 3.78. The second kappa shape index (κ2) is 6.30. The Morgan fingerprint density at radius 2 is 2.24 bits per heavy atom. The molecule has 5 heteroatoms. The summed E-state index contributed by atoms with van der Waals surface area (Å²) in [6.45, 7) is 6.99. The lowest BCUT2D eigenvalue weighted by Crippen LogP contribution is -2.41. The molecule has 2 amide bonds. The number of carbonyl (C=O) groups is 1. The average molecular weight is 240 g/mol. The highest BCUT2D eigenvalue weighted by atomic mass is 16.3. The van der Waals surface area contributed by atoms with Crippen LogP contribution in [0.4, 0.5) is 4.79 Å². The van der Waals surface area contributed by atoms with E-state index >= 15 is 0 Å². The van der Waals surface area contributed by atoms with Crippen molar-refractivity contribution in [2.24, 2.45) is 0 Å². The molecule has 0 unspecified atom stereocenters. The van der Waals surface area contributed by atoms with E-state index in [0.29, 0.717) is 19.6 Å². The van der Waals surface area contributed by atoms with Crippen molar-refractivity contribution in [2.45, 2.75) is 27.3 Å². The number of rotatable bonds is 5. The molecular formula is C12H20N2O3. The van der Waals surface area contributed by atoms with E-state index in [2.05, 4.69) is 5.32 Å². The van der Waals surface area contributed by atoms with Crippen molar-refractivity contribution in [3.63, 3.8) is 0 Å². The Labute approximate surface area is 101 Å². The maximum Gasteiger partial charge on any atom is 0.317 e. The Hall–Kier alpha value is -1.49. The van der Waals surface area contributed by atoms with E-state index in [9.17, 15) is 4.79 Å². The number of urea groups is 1. The summed E-state index contributed by atoms with van der Waals surface area (Å²) in [4.78, 5) is 13.3. The van der Waals surface area contributed by atoms with Gasteiger partial charge in [0, 0.05) is 25.2 Å². The van der Waals surface area contributed by atoms with Gasteiger partial charge in [-0.25, -0.2) is 4.79 Å². The number of likely N-dealkylation sites (N-methyl/N-ethyl adjacent to an activating group) is 1. The molecule has 0 spiro atoms. The fourth-order valence-corrected chi connectivity index (χ4v) is 1.67. The number of aliphatic hydroxyl groups is 1. The number of amides is 2. The maximum absolute atomic E-state index is 11.7. The molecule has 0 bridgehead atoms. The Morgan fingerprint density at radius 1 is 1.53 bits per heavy atom. The number of nitrogens with zero attached hydrogens (tertiary/aromatic N) is 1. The first-order valence-electron chi connectivity index (χ1n) is 5.78. The molecule has 17 heavy (non-hydrogen) atoms. The molecule has 1 heterocycles. The van der Waals surface area contributed by atoms with Crippen LogP contribution in [0.15, 0.2) is 10.5 Å². The van der Waals surface area contributed by atoms with Gasteiger partial charge in [0.25, 0.3) is 0 Å². The van der Waals surface area contributed by atoms with E-state index < -0.39 is 0 Å². The van der Waals surface area contributed by atoms with Crippen molar-refractivity contribution < 1.29 is 14.3 Å². The van der Waals surface area contributed by atoms with Gasteiger partial charge in [-0.15, -0.1) is 0 Å². The van der Waals surface area contributed by atoms with Crippen LogP contribution >= 0.6 is 0 Å². The summed E-state index contributed by atoms with van der Waals surface area (Å²) in [5.41, 5.74) is 0.982. The van der Waals surface area contributed by atoms with Crippen LogP contribution in [-0.4, -0.2) is 35.7 Å². The predicted octanol–water partition coefficient (Wildman–Crippen LogP) is 1.42. The number of furan rings is 1. The van der Waals surface area contributed by atoms with Gasteiger partial charge >= 0.3 is 6.03 Å². The summed E-state index contributed by atoms with van der Waals surface area (Å²) < 4.78 is 5.38. The molecule has 0 aliphatic heterocycles. The smallest absolute Gasteiger partial charge is 0.317 e. The fraction of sp³-hybridized carbons (Fsp3) is 0.583. The number of carbonyl (C=O) groups excluding carboxylic acids is 1. The zero-order valence-corrected chi connectivity index (χ0v) is 10.6. The van der Waals surface area contributed by atoms with Crippen molar-refractivity contribution in [2.75, 3.05) is 19.7 Å². The Bertz CT molecular complexity index is 374. The van der Waals surface area contributed by atoms with Crippen molar-refractivity contribution in [3.05, 3.63) is 23.2 Å². The highest BCUT2D eigenvalue weighted by molar-refractivity contribution is 5.74. The lowest BCUT2D eigenvalue weighted by molar-refractivity contribution is 0.180. The van der Waals surface area contributed by atoms with E-state index in [-0.39, 0.29) is 12.6 Å². The Kier molecular flexibility index (Phi) is 5.03. The summed E-state index contributed by atoms with van der Waals surface area (Å²) in [6, 6.07) is 1.75. The molecule has 0 aliphatic rings. The van der Waals surface area contributed by atoms with Crippen molar-refractivity contribution in [1.29, 1.82) is 0 Å². The molecule has 0 fully saturated rings. The first kappa shape index (κ1) is 13.6. The normalized spacial score (nSPS) is 10.4. The fourth-order valence-electron chi connectivity index (χ4n) is 1.67. The standard InChI is InChI=1S/C12H20N2O3/c1-4-14(5-6-15)12(16)13-8-11-7-9(2)17-10(11)3/h7,15H,4-6,8H2,1-3H3,(H,13,16). The minimum Gasteiger partial charge on any atom is -0.466 e. The van der Waals surface area contributed by atoms with Crippen LogP contribution in [0.25, 0.3) is 0 Å². The monoisotopic (exact) mass is 240 g/mol. The van der Waals surface area contributed by atoms with Gasteiger partial charge < -0.3 is 19.7 Å². The lowest BCUT2D eigenvalue weighted by atomic mass is 10.2. The van der Waals surface area contributed by atoms with Gasteiger partial charge in [-0.3, -0.25) is 0 Å².